The van der Waals surface area contributed by atoms with Crippen molar-refractivity contribution >= 4 is 17.7 Å². The van der Waals surface area contributed by atoms with Crippen LogP contribution in [-0.2, 0) is 6.42 Å². The Morgan fingerprint density at radius 2 is 2.11 bits per heavy atom. The van der Waals surface area contributed by atoms with E-state index in [1.54, 1.807) is 11.8 Å². The lowest BCUT2D eigenvalue weighted by atomic mass is 9.99. The highest BCUT2D eigenvalue weighted by Gasteiger charge is 2.22. The van der Waals surface area contributed by atoms with Crippen molar-refractivity contribution in [3.05, 3.63) is 35.4 Å². The van der Waals surface area contributed by atoms with Gasteiger partial charge in [-0.15, -0.1) is 0 Å². The zero-order chi connectivity index (χ0) is 12.8. The molecule has 1 heterocycles. The van der Waals surface area contributed by atoms with Gasteiger partial charge in [0.2, 0.25) is 0 Å². The molecule has 4 heteroatoms. The first-order valence-electron chi connectivity index (χ1n) is 6.38. The fraction of sp³-hybridized carbons (Fsp3) is 0.500. The Morgan fingerprint density at radius 3 is 2.94 bits per heavy atom. The van der Waals surface area contributed by atoms with Crippen molar-refractivity contribution in [2.45, 2.75) is 12.8 Å². The summed E-state index contributed by atoms with van der Waals surface area (Å²) in [5, 5.41) is 8.69. The molecular weight excluding hydrogens is 246 g/mol. The number of carbonyl (C=O) groups is 1. The number of aliphatic hydroxyl groups is 1. The molecule has 3 nitrogen and oxygen atoms in total. The quantitative estimate of drug-likeness (QED) is 0.797. The highest BCUT2D eigenvalue weighted by Crippen LogP contribution is 2.18. The predicted molar refractivity (Wildman–Crippen MR) is 75.1 cm³/mol. The second-order valence-electron chi connectivity index (χ2n) is 4.39. The Kier molecular flexibility index (Phi) is 5.08. The number of benzene rings is 1. The number of carbonyl (C=O) groups excluding carboxylic acids is 1. The third-order valence-electron chi connectivity index (χ3n) is 3.14. The highest BCUT2D eigenvalue weighted by molar-refractivity contribution is 7.99. The van der Waals surface area contributed by atoms with E-state index < -0.39 is 0 Å². The lowest BCUT2D eigenvalue weighted by Gasteiger charge is -2.28. The first-order valence-corrected chi connectivity index (χ1v) is 7.54. The number of hydrogen-bond acceptors (Lipinski definition) is 3. The molecule has 0 aromatic heterocycles. The molecule has 1 aromatic rings. The fourth-order valence-corrected chi connectivity index (χ4v) is 3.02. The van der Waals surface area contributed by atoms with Gasteiger partial charge in [0.25, 0.3) is 5.91 Å². The van der Waals surface area contributed by atoms with Crippen molar-refractivity contribution in [3.8, 4) is 0 Å². The third-order valence-corrected chi connectivity index (χ3v) is 4.19. The lowest BCUT2D eigenvalue weighted by molar-refractivity contribution is 0.0750. The molecule has 0 aliphatic carbocycles. The van der Waals surface area contributed by atoms with Gasteiger partial charge in [0, 0.05) is 31.0 Å². The van der Waals surface area contributed by atoms with Gasteiger partial charge in [-0.3, -0.25) is 4.79 Å². The van der Waals surface area contributed by atoms with Gasteiger partial charge in [-0.05, 0) is 30.2 Å². The molecule has 1 aliphatic rings. The summed E-state index contributed by atoms with van der Waals surface area (Å²) in [5.41, 5.74) is 2.04. The summed E-state index contributed by atoms with van der Waals surface area (Å²) < 4.78 is 0. The van der Waals surface area contributed by atoms with Gasteiger partial charge in [0.15, 0.2) is 0 Å². The molecule has 0 saturated heterocycles. The van der Waals surface area contributed by atoms with Crippen LogP contribution >= 0.6 is 11.8 Å². The topological polar surface area (TPSA) is 40.5 Å². The second kappa shape index (κ2) is 6.81. The summed E-state index contributed by atoms with van der Waals surface area (Å²) in [6.45, 7) is 1.89. The molecule has 2 rings (SSSR count). The summed E-state index contributed by atoms with van der Waals surface area (Å²) in [5.74, 6) is 2.09. The fourth-order valence-electron chi connectivity index (χ4n) is 2.13. The molecule has 98 valence electrons. The first-order chi connectivity index (χ1) is 8.83. The van der Waals surface area contributed by atoms with Crippen molar-refractivity contribution in [1.29, 1.82) is 0 Å². The molecule has 18 heavy (non-hydrogen) atoms. The summed E-state index contributed by atoms with van der Waals surface area (Å²) in [6, 6.07) is 7.88. The Hall–Kier alpha value is -1.00. The summed E-state index contributed by atoms with van der Waals surface area (Å²) in [4.78, 5) is 14.2. The Bertz CT molecular complexity index is 409. The maximum atomic E-state index is 12.2. The lowest BCUT2D eigenvalue weighted by Crippen LogP contribution is -2.38. The van der Waals surface area contributed by atoms with Crippen molar-refractivity contribution in [1.82, 2.24) is 4.90 Å². The van der Waals surface area contributed by atoms with Crippen LogP contribution < -0.4 is 0 Å². The molecule has 1 aromatic carbocycles. The van der Waals surface area contributed by atoms with Crippen LogP contribution in [0.15, 0.2) is 24.3 Å². The molecule has 0 unspecified atom stereocenters. The van der Waals surface area contributed by atoms with Gasteiger partial charge >= 0.3 is 0 Å². The number of rotatable bonds is 6. The number of fused-ring (bicyclic) bond motifs is 1. The van der Waals surface area contributed by atoms with Crippen LogP contribution in [0.4, 0.5) is 0 Å². The van der Waals surface area contributed by atoms with Gasteiger partial charge in [0.05, 0.1) is 0 Å². The van der Waals surface area contributed by atoms with Gasteiger partial charge in [-0.25, -0.2) is 0 Å². The number of amides is 1. The molecule has 1 amide bonds. The van der Waals surface area contributed by atoms with Crippen molar-refractivity contribution < 1.29 is 9.90 Å². The van der Waals surface area contributed by atoms with Crippen LogP contribution in [0, 0.1) is 0 Å². The predicted octanol–water partition coefficient (Wildman–Crippen LogP) is 1.80. The average Bonchev–Trinajstić information content (AvgIpc) is 2.41. The Balaban J connectivity index is 1.84. The van der Waals surface area contributed by atoms with Crippen LogP contribution in [0.3, 0.4) is 0 Å². The average molecular weight is 265 g/mol. The monoisotopic (exact) mass is 265 g/mol. The Morgan fingerprint density at radius 1 is 1.28 bits per heavy atom. The van der Waals surface area contributed by atoms with Crippen molar-refractivity contribution in [2.75, 3.05) is 31.2 Å². The largest absolute Gasteiger partial charge is 0.396 e. The molecule has 0 bridgehead atoms. The number of thioether (sulfide) groups is 1. The minimum Gasteiger partial charge on any atom is -0.396 e. The summed E-state index contributed by atoms with van der Waals surface area (Å²) in [6.07, 6.45) is 1.80. The van der Waals surface area contributed by atoms with E-state index in [1.165, 1.54) is 5.56 Å². The van der Waals surface area contributed by atoms with Gasteiger partial charge in [-0.2, -0.15) is 11.8 Å². The maximum Gasteiger partial charge on any atom is 0.254 e. The van der Waals surface area contributed by atoms with Crippen LogP contribution in [0.1, 0.15) is 22.3 Å². The molecule has 1 N–H and O–H groups in total. The molecule has 0 radical (unpaired) electrons. The minimum absolute atomic E-state index is 0.166. The molecule has 0 spiro atoms. The van der Waals surface area contributed by atoms with Crippen LogP contribution in [0.2, 0.25) is 0 Å². The molecule has 0 saturated carbocycles. The number of aliphatic hydroxyl groups excluding tert-OH is 1. The van der Waals surface area contributed by atoms with Gasteiger partial charge in [0.1, 0.15) is 0 Å². The SMILES string of the molecule is O=C1c2ccccc2CCN1CCSCCCO. The highest BCUT2D eigenvalue weighted by atomic mass is 32.2. The zero-order valence-electron chi connectivity index (χ0n) is 10.5. The van der Waals surface area contributed by atoms with E-state index in [0.717, 1.165) is 43.0 Å². The standard InChI is InChI=1S/C14H19NO2S/c16-9-3-10-18-11-8-15-7-6-12-4-1-2-5-13(12)14(15)17/h1-2,4-5,16H,3,6-11H2. The van der Waals surface area contributed by atoms with Gasteiger partial charge in [-0.1, -0.05) is 18.2 Å². The van der Waals surface area contributed by atoms with Crippen LogP contribution in [-0.4, -0.2) is 47.1 Å². The normalized spacial score (nSPS) is 14.7. The van der Waals surface area contributed by atoms with E-state index in [-0.39, 0.29) is 12.5 Å². The smallest absolute Gasteiger partial charge is 0.254 e. The number of hydrogen-bond donors (Lipinski definition) is 1. The molecule has 0 atom stereocenters. The van der Waals surface area contributed by atoms with Crippen molar-refractivity contribution in [2.24, 2.45) is 0 Å². The van der Waals surface area contributed by atoms with E-state index >= 15 is 0 Å². The minimum atomic E-state index is 0.166. The second-order valence-corrected chi connectivity index (χ2v) is 5.61. The van der Waals surface area contributed by atoms with Crippen molar-refractivity contribution in [3.63, 3.8) is 0 Å². The Labute approximate surface area is 112 Å². The van der Waals surface area contributed by atoms with E-state index in [1.807, 2.05) is 29.2 Å². The van der Waals surface area contributed by atoms with E-state index in [4.69, 9.17) is 5.11 Å². The molecule has 1 aliphatic heterocycles. The summed E-state index contributed by atoms with van der Waals surface area (Å²) in [7, 11) is 0. The van der Waals surface area contributed by atoms with E-state index in [2.05, 4.69) is 0 Å². The van der Waals surface area contributed by atoms with E-state index in [0.29, 0.717) is 0 Å². The molecule has 0 fully saturated rings. The first kappa shape index (κ1) is 13.4. The van der Waals surface area contributed by atoms with Crippen LogP contribution in [0.5, 0.6) is 0 Å². The third kappa shape index (κ3) is 3.27. The van der Waals surface area contributed by atoms with Gasteiger partial charge < -0.3 is 10.0 Å². The van der Waals surface area contributed by atoms with Crippen LogP contribution in [0.25, 0.3) is 0 Å². The zero-order valence-corrected chi connectivity index (χ0v) is 11.3. The van der Waals surface area contributed by atoms with E-state index in [9.17, 15) is 4.79 Å². The number of nitrogens with zero attached hydrogens (tertiary/aromatic N) is 1. The summed E-state index contributed by atoms with van der Waals surface area (Å²) >= 11 is 1.80. The molecular formula is C14H19NO2S. The maximum absolute atomic E-state index is 12.2.